The van der Waals surface area contributed by atoms with E-state index in [9.17, 15) is 4.79 Å². The summed E-state index contributed by atoms with van der Waals surface area (Å²) < 4.78 is 5.63. The molecule has 1 aromatic rings. The first-order valence-electron chi connectivity index (χ1n) is 6.84. The van der Waals surface area contributed by atoms with Crippen LogP contribution in [0.5, 0.6) is 5.75 Å². The van der Waals surface area contributed by atoms with Crippen molar-refractivity contribution < 1.29 is 14.6 Å². The van der Waals surface area contributed by atoms with Crippen LogP contribution in [-0.4, -0.2) is 41.2 Å². The highest BCUT2D eigenvalue weighted by Gasteiger charge is 2.13. The van der Waals surface area contributed by atoms with Gasteiger partial charge in [0, 0.05) is 18.6 Å². The Kier molecular flexibility index (Phi) is 5.82. The van der Waals surface area contributed by atoms with Crippen molar-refractivity contribution in [3.8, 4) is 5.75 Å². The molecule has 0 aliphatic rings. The minimum atomic E-state index is -0.985. The highest BCUT2D eigenvalue weighted by Crippen LogP contribution is 2.22. The van der Waals surface area contributed by atoms with Gasteiger partial charge < -0.3 is 15.6 Å². The monoisotopic (exact) mass is 280 g/mol. The number of hydrogen-bond donors (Lipinski definition) is 2. The van der Waals surface area contributed by atoms with E-state index in [1.165, 1.54) is 12.1 Å². The molecule has 0 unspecified atom stereocenters. The number of carbonyl (C=O) groups is 1. The van der Waals surface area contributed by atoms with Gasteiger partial charge in [-0.15, -0.1) is 0 Å². The molecule has 0 aromatic heterocycles. The van der Waals surface area contributed by atoms with Gasteiger partial charge >= 0.3 is 5.97 Å². The number of nitrogens with two attached hydrogens (primary N) is 1. The van der Waals surface area contributed by atoms with E-state index >= 15 is 0 Å². The second-order valence-electron chi connectivity index (χ2n) is 5.33. The van der Waals surface area contributed by atoms with Gasteiger partial charge in [-0.2, -0.15) is 0 Å². The van der Waals surface area contributed by atoms with Gasteiger partial charge in [0.1, 0.15) is 12.4 Å². The van der Waals surface area contributed by atoms with E-state index in [0.29, 0.717) is 30.1 Å². The molecule has 3 N–H and O–H groups in total. The van der Waals surface area contributed by atoms with Crippen molar-refractivity contribution in [2.45, 2.75) is 39.8 Å². The SMILES string of the molecule is CC(C)N(CCOc1cc(C(=O)O)ccc1N)C(C)C. The molecule has 20 heavy (non-hydrogen) atoms. The normalized spacial score (nSPS) is 11.3. The summed E-state index contributed by atoms with van der Waals surface area (Å²) in [6.07, 6.45) is 0. The number of anilines is 1. The smallest absolute Gasteiger partial charge is 0.335 e. The maximum Gasteiger partial charge on any atom is 0.335 e. The van der Waals surface area contributed by atoms with Gasteiger partial charge in [-0.3, -0.25) is 4.90 Å². The third-order valence-electron chi connectivity index (χ3n) is 3.19. The molecule has 0 atom stereocenters. The van der Waals surface area contributed by atoms with E-state index in [-0.39, 0.29) is 5.56 Å². The number of ether oxygens (including phenoxy) is 1. The molecule has 0 fully saturated rings. The molecule has 0 saturated heterocycles. The Morgan fingerprint density at radius 3 is 2.40 bits per heavy atom. The highest BCUT2D eigenvalue weighted by molar-refractivity contribution is 5.89. The van der Waals surface area contributed by atoms with Crippen LogP contribution in [0.15, 0.2) is 18.2 Å². The zero-order valence-electron chi connectivity index (χ0n) is 12.6. The number of hydrogen-bond acceptors (Lipinski definition) is 4. The van der Waals surface area contributed by atoms with Gasteiger partial charge in [0.15, 0.2) is 0 Å². The predicted octanol–water partition coefficient (Wildman–Crippen LogP) is 2.46. The second kappa shape index (κ2) is 7.14. The van der Waals surface area contributed by atoms with Crippen molar-refractivity contribution in [1.82, 2.24) is 4.90 Å². The topological polar surface area (TPSA) is 75.8 Å². The van der Waals surface area contributed by atoms with E-state index in [4.69, 9.17) is 15.6 Å². The molecule has 0 amide bonds. The average molecular weight is 280 g/mol. The lowest BCUT2D eigenvalue weighted by Gasteiger charge is -2.30. The van der Waals surface area contributed by atoms with Crippen LogP contribution < -0.4 is 10.5 Å². The Morgan fingerprint density at radius 1 is 1.30 bits per heavy atom. The molecule has 0 spiro atoms. The molecule has 0 aliphatic carbocycles. The predicted molar refractivity (Wildman–Crippen MR) is 80.3 cm³/mol. The molecular weight excluding hydrogens is 256 g/mol. The lowest BCUT2D eigenvalue weighted by atomic mass is 10.2. The Balaban J connectivity index is 2.65. The average Bonchev–Trinajstić information content (AvgIpc) is 2.35. The summed E-state index contributed by atoms with van der Waals surface area (Å²) in [5, 5.41) is 8.95. The molecule has 5 heteroatoms. The van der Waals surface area contributed by atoms with Gasteiger partial charge in [0.2, 0.25) is 0 Å². The quantitative estimate of drug-likeness (QED) is 0.750. The van der Waals surface area contributed by atoms with Crippen molar-refractivity contribution in [3.05, 3.63) is 23.8 Å². The number of benzene rings is 1. The van der Waals surface area contributed by atoms with Crippen LogP contribution >= 0.6 is 0 Å². The summed E-state index contributed by atoms with van der Waals surface area (Å²) in [5.74, 6) is -0.557. The number of carboxylic acids is 1. The summed E-state index contributed by atoms with van der Waals surface area (Å²) in [6, 6.07) is 5.36. The van der Waals surface area contributed by atoms with Gasteiger partial charge in [-0.1, -0.05) is 0 Å². The van der Waals surface area contributed by atoms with E-state index in [0.717, 1.165) is 6.54 Å². The fourth-order valence-corrected chi connectivity index (χ4v) is 2.17. The standard InChI is InChI=1S/C15H24N2O3/c1-10(2)17(11(3)4)7-8-20-14-9-12(15(18)19)5-6-13(14)16/h5-6,9-11H,7-8,16H2,1-4H3,(H,18,19). The summed E-state index contributed by atoms with van der Waals surface area (Å²) in [6.45, 7) is 9.80. The third-order valence-corrected chi connectivity index (χ3v) is 3.19. The van der Waals surface area contributed by atoms with Crippen molar-refractivity contribution >= 4 is 11.7 Å². The Labute approximate surface area is 120 Å². The maximum atomic E-state index is 10.9. The zero-order chi connectivity index (χ0) is 15.3. The molecular formula is C15H24N2O3. The van der Waals surface area contributed by atoms with Crippen molar-refractivity contribution in [1.29, 1.82) is 0 Å². The first-order chi connectivity index (χ1) is 9.32. The van der Waals surface area contributed by atoms with Crippen LogP contribution in [0, 0.1) is 0 Å². The van der Waals surface area contributed by atoms with Gasteiger partial charge in [-0.05, 0) is 45.9 Å². The summed E-state index contributed by atoms with van der Waals surface area (Å²) in [7, 11) is 0. The molecule has 1 rings (SSSR count). The first-order valence-corrected chi connectivity index (χ1v) is 6.84. The number of aromatic carboxylic acids is 1. The fraction of sp³-hybridized carbons (Fsp3) is 0.533. The van der Waals surface area contributed by atoms with Crippen molar-refractivity contribution in [2.24, 2.45) is 0 Å². The summed E-state index contributed by atoms with van der Waals surface area (Å²) in [4.78, 5) is 13.2. The second-order valence-corrected chi connectivity index (χ2v) is 5.33. The molecule has 112 valence electrons. The van der Waals surface area contributed by atoms with Crippen LogP contribution in [0.4, 0.5) is 5.69 Å². The first kappa shape index (κ1) is 16.3. The minimum absolute atomic E-state index is 0.179. The molecule has 0 radical (unpaired) electrons. The zero-order valence-corrected chi connectivity index (χ0v) is 12.6. The molecule has 0 heterocycles. The molecule has 0 saturated carbocycles. The van der Waals surface area contributed by atoms with Crippen LogP contribution in [0.2, 0.25) is 0 Å². The van der Waals surface area contributed by atoms with Crippen molar-refractivity contribution in [2.75, 3.05) is 18.9 Å². The number of rotatable bonds is 7. The maximum absolute atomic E-state index is 10.9. The Hall–Kier alpha value is -1.75. The molecule has 1 aromatic carbocycles. The van der Waals surface area contributed by atoms with Gasteiger partial charge in [0.25, 0.3) is 0 Å². The number of carboxylic acid groups (broad SMARTS) is 1. The molecule has 0 bridgehead atoms. The van der Waals surface area contributed by atoms with E-state index in [1.807, 2.05) is 0 Å². The van der Waals surface area contributed by atoms with Gasteiger partial charge in [-0.25, -0.2) is 4.79 Å². The Bertz CT molecular complexity index is 450. The summed E-state index contributed by atoms with van der Waals surface area (Å²) >= 11 is 0. The van der Waals surface area contributed by atoms with Crippen LogP contribution in [0.1, 0.15) is 38.1 Å². The lowest BCUT2D eigenvalue weighted by Crippen LogP contribution is -2.39. The molecule has 0 aliphatic heterocycles. The number of nitrogens with zero attached hydrogens (tertiary/aromatic N) is 1. The minimum Gasteiger partial charge on any atom is -0.490 e. The fourth-order valence-electron chi connectivity index (χ4n) is 2.17. The van der Waals surface area contributed by atoms with Crippen molar-refractivity contribution in [3.63, 3.8) is 0 Å². The summed E-state index contributed by atoms with van der Waals surface area (Å²) in [5.41, 5.74) is 6.43. The largest absolute Gasteiger partial charge is 0.490 e. The van der Waals surface area contributed by atoms with Gasteiger partial charge in [0.05, 0.1) is 11.3 Å². The van der Waals surface area contributed by atoms with Crippen LogP contribution in [0.25, 0.3) is 0 Å². The lowest BCUT2D eigenvalue weighted by molar-refractivity contribution is 0.0696. The van der Waals surface area contributed by atoms with E-state index in [2.05, 4.69) is 32.6 Å². The third kappa shape index (κ3) is 4.42. The van der Waals surface area contributed by atoms with Crippen LogP contribution in [0.3, 0.4) is 0 Å². The Morgan fingerprint density at radius 2 is 1.90 bits per heavy atom. The number of nitrogen functional groups attached to an aromatic ring is 1. The highest BCUT2D eigenvalue weighted by atomic mass is 16.5. The molecule has 5 nitrogen and oxygen atoms in total. The van der Waals surface area contributed by atoms with Crippen LogP contribution in [-0.2, 0) is 0 Å². The van der Waals surface area contributed by atoms with E-state index < -0.39 is 5.97 Å². The van der Waals surface area contributed by atoms with E-state index in [1.54, 1.807) is 6.07 Å².